The Balaban J connectivity index is 1.61. The van der Waals surface area contributed by atoms with E-state index in [1.807, 2.05) is 30.3 Å². The van der Waals surface area contributed by atoms with Gasteiger partial charge in [-0.2, -0.15) is 4.89 Å². The van der Waals surface area contributed by atoms with Gasteiger partial charge in [-0.1, -0.05) is 12.1 Å². The highest BCUT2D eigenvalue weighted by Gasteiger charge is 2.36. The number of halogens is 1. The van der Waals surface area contributed by atoms with Crippen LogP contribution in [0.25, 0.3) is 10.8 Å². The van der Waals surface area contributed by atoms with Crippen molar-refractivity contribution in [2.75, 3.05) is 48.0 Å². The van der Waals surface area contributed by atoms with E-state index in [-0.39, 0.29) is 11.9 Å². The molecular weight excluding hydrogens is 447 g/mol. The summed E-state index contributed by atoms with van der Waals surface area (Å²) < 4.78 is 22.2. The third kappa shape index (κ3) is 4.15. The average molecular weight is 481 g/mol. The molecule has 0 bridgehead atoms. The summed E-state index contributed by atoms with van der Waals surface area (Å²) in [5.41, 5.74) is 4.64. The summed E-state index contributed by atoms with van der Waals surface area (Å²) in [4.78, 5) is 19.1. The molecule has 2 atom stereocenters. The molecule has 1 saturated heterocycles. The van der Waals surface area contributed by atoms with E-state index in [0.717, 1.165) is 47.2 Å². The number of nitrogens with zero attached hydrogens (tertiary/aromatic N) is 3. The Bertz CT molecular complexity index is 1240. The van der Waals surface area contributed by atoms with Crippen molar-refractivity contribution in [3.8, 4) is 5.75 Å². The molecule has 0 amide bonds. The molecular formula is C27H33FN4O3. The second-order valence-electron chi connectivity index (χ2n) is 9.32. The number of ether oxygens (including phenoxy) is 1. The highest BCUT2D eigenvalue weighted by molar-refractivity contribution is 6.03. The lowest BCUT2D eigenvalue weighted by atomic mass is 9.92. The minimum atomic E-state index is -0.612. The first-order chi connectivity index (χ1) is 17.0. The van der Waals surface area contributed by atoms with Gasteiger partial charge in [-0.15, -0.1) is 0 Å². The van der Waals surface area contributed by atoms with Gasteiger partial charge < -0.3 is 24.7 Å². The van der Waals surface area contributed by atoms with Crippen molar-refractivity contribution >= 4 is 16.6 Å². The maximum atomic E-state index is 16.5. The minimum Gasteiger partial charge on any atom is -0.385 e. The molecule has 1 aliphatic carbocycles. The highest BCUT2D eigenvalue weighted by Crippen LogP contribution is 2.46. The van der Waals surface area contributed by atoms with Crippen LogP contribution in [0.4, 0.5) is 4.39 Å². The molecule has 35 heavy (non-hydrogen) atoms. The number of rotatable bonds is 5. The number of fused-ring (bicyclic) bond motifs is 3. The first-order valence-electron chi connectivity index (χ1n) is 12.1. The fourth-order valence-electron chi connectivity index (χ4n) is 5.42. The summed E-state index contributed by atoms with van der Waals surface area (Å²) in [5, 5.41) is 5.25. The number of hydrogen-bond acceptors (Lipinski definition) is 6. The van der Waals surface area contributed by atoms with E-state index in [4.69, 9.17) is 14.5 Å². The molecule has 0 aromatic heterocycles. The lowest BCUT2D eigenvalue weighted by Gasteiger charge is -2.37. The van der Waals surface area contributed by atoms with Gasteiger partial charge in [-0.05, 0) is 59.4 Å². The van der Waals surface area contributed by atoms with E-state index in [9.17, 15) is 0 Å². The number of amidine groups is 1. The SMILES string of the molecule is CN=C(C1=CN(C)C(c2cc(OOC)cc3ccc4c(c23)C4)C(F)=C1NC)N1CCOCCC1C. The van der Waals surface area contributed by atoms with Gasteiger partial charge in [0, 0.05) is 46.5 Å². The molecule has 2 unspecified atom stereocenters. The molecule has 0 spiro atoms. The smallest absolute Gasteiger partial charge is 0.166 e. The van der Waals surface area contributed by atoms with E-state index in [2.05, 4.69) is 34.3 Å². The number of hydrogen-bond donors (Lipinski definition) is 1. The van der Waals surface area contributed by atoms with Crippen LogP contribution in [0, 0.1) is 0 Å². The quantitative estimate of drug-likeness (QED) is 0.257. The summed E-state index contributed by atoms with van der Waals surface area (Å²) in [5.74, 6) is 1.06. The maximum absolute atomic E-state index is 16.5. The molecule has 1 N–H and O–H groups in total. The van der Waals surface area contributed by atoms with Crippen molar-refractivity contribution in [3.63, 3.8) is 0 Å². The Morgan fingerprint density at radius 3 is 2.83 bits per heavy atom. The number of nitrogens with one attached hydrogen (secondary N) is 1. The van der Waals surface area contributed by atoms with Crippen molar-refractivity contribution < 1.29 is 18.9 Å². The normalized spacial score (nSPS) is 22.7. The molecule has 8 heteroatoms. The van der Waals surface area contributed by atoms with Gasteiger partial charge >= 0.3 is 0 Å². The molecule has 5 rings (SSSR count). The van der Waals surface area contributed by atoms with Crippen molar-refractivity contribution in [1.82, 2.24) is 15.1 Å². The molecule has 7 nitrogen and oxygen atoms in total. The van der Waals surface area contributed by atoms with Crippen LogP contribution < -0.4 is 10.2 Å². The van der Waals surface area contributed by atoms with Crippen LogP contribution in [0.2, 0.25) is 0 Å². The monoisotopic (exact) mass is 480 g/mol. The van der Waals surface area contributed by atoms with E-state index in [0.29, 0.717) is 24.6 Å². The molecule has 186 valence electrons. The Kier molecular flexibility index (Phi) is 6.42. The van der Waals surface area contributed by atoms with E-state index < -0.39 is 6.04 Å². The highest BCUT2D eigenvalue weighted by atomic mass is 19.1. The van der Waals surface area contributed by atoms with Crippen molar-refractivity contribution in [2.45, 2.75) is 31.8 Å². The predicted octanol–water partition coefficient (Wildman–Crippen LogP) is 4.09. The second-order valence-corrected chi connectivity index (χ2v) is 9.32. The first kappa shape index (κ1) is 23.6. The molecule has 2 aromatic carbocycles. The third-order valence-electron chi connectivity index (χ3n) is 7.19. The second kappa shape index (κ2) is 9.51. The standard InChI is InChI=1S/C27H33FN4O3/c1-16-8-10-34-11-9-32(16)27(30-3)22-15-31(4)26(24(28)25(22)29-2)21-14-19(35-33-5)12-18-7-6-17-13-20(17)23(18)21/h6-7,12,14-16,26,29H,8-11,13H2,1-5H3. The Hall–Kier alpha value is -3.10. The molecule has 0 radical (unpaired) electrons. The molecule has 2 heterocycles. The van der Waals surface area contributed by atoms with Crippen LogP contribution in [0.5, 0.6) is 5.75 Å². The van der Waals surface area contributed by atoms with Gasteiger partial charge in [0.2, 0.25) is 0 Å². The fourth-order valence-corrected chi connectivity index (χ4v) is 5.42. The van der Waals surface area contributed by atoms with E-state index in [1.54, 1.807) is 14.1 Å². The Morgan fingerprint density at radius 1 is 1.26 bits per heavy atom. The average Bonchev–Trinajstić information content (AvgIpc) is 3.65. The maximum Gasteiger partial charge on any atom is 0.166 e. The van der Waals surface area contributed by atoms with Crippen LogP contribution in [0.1, 0.15) is 36.1 Å². The molecule has 2 aliphatic heterocycles. The van der Waals surface area contributed by atoms with Gasteiger partial charge in [-0.3, -0.25) is 4.99 Å². The summed E-state index contributed by atoms with van der Waals surface area (Å²) in [6.45, 7) is 4.22. The summed E-state index contributed by atoms with van der Waals surface area (Å²) in [6.07, 6.45) is 3.83. The molecule has 1 fully saturated rings. The third-order valence-corrected chi connectivity index (χ3v) is 7.19. The summed E-state index contributed by atoms with van der Waals surface area (Å²) in [6, 6.07) is 7.66. The van der Waals surface area contributed by atoms with Gasteiger partial charge in [-0.25, -0.2) is 4.39 Å². The number of benzene rings is 2. The van der Waals surface area contributed by atoms with Gasteiger partial charge in [0.1, 0.15) is 11.9 Å². The van der Waals surface area contributed by atoms with Crippen LogP contribution in [0.3, 0.4) is 0 Å². The largest absolute Gasteiger partial charge is 0.385 e. The van der Waals surface area contributed by atoms with E-state index in [1.165, 1.54) is 18.2 Å². The number of likely N-dealkylation sites (N-methyl/N-ethyl adjacent to an activating group) is 2. The number of aliphatic imine (C=N–C) groups is 1. The van der Waals surface area contributed by atoms with Gasteiger partial charge in [0.05, 0.1) is 25.0 Å². The zero-order chi connectivity index (χ0) is 24.7. The van der Waals surface area contributed by atoms with Crippen LogP contribution in [-0.2, 0) is 16.0 Å². The first-order valence-corrected chi connectivity index (χ1v) is 12.1. The summed E-state index contributed by atoms with van der Waals surface area (Å²) in [7, 11) is 6.91. The zero-order valence-corrected chi connectivity index (χ0v) is 21.0. The minimum absolute atomic E-state index is 0.239. The van der Waals surface area contributed by atoms with Crippen molar-refractivity contribution in [3.05, 3.63) is 64.3 Å². The molecule has 3 aliphatic rings. The van der Waals surface area contributed by atoms with Crippen LogP contribution >= 0.6 is 0 Å². The summed E-state index contributed by atoms with van der Waals surface area (Å²) >= 11 is 0. The molecule has 0 saturated carbocycles. The fraction of sp³-hybridized carbons (Fsp3) is 0.444. The van der Waals surface area contributed by atoms with Crippen LogP contribution in [-0.4, -0.2) is 69.7 Å². The Morgan fingerprint density at radius 2 is 2.09 bits per heavy atom. The Labute approximate surface area is 205 Å². The molecule has 2 aromatic rings. The van der Waals surface area contributed by atoms with Gasteiger partial charge in [0.25, 0.3) is 0 Å². The zero-order valence-electron chi connectivity index (χ0n) is 21.0. The predicted molar refractivity (Wildman–Crippen MR) is 135 cm³/mol. The van der Waals surface area contributed by atoms with Crippen LogP contribution in [0.15, 0.2) is 52.6 Å². The van der Waals surface area contributed by atoms with Crippen molar-refractivity contribution in [1.29, 1.82) is 0 Å². The van der Waals surface area contributed by atoms with Crippen molar-refractivity contribution in [2.24, 2.45) is 4.99 Å². The lowest BCUT2D eigenvalue weighted by Crippen LogP contribution is -2.43. The van der Waals surface area contributed by atoms with Gasteiger partial charge in [0.15, 0.2) is 11.6 Å². The topological polar surface area (TPSA) is 58.6 Å². The van der Waals surface area contributed by atoms with E-state index >= 15 is 4.39 Å². The lowest BCUT2D eigenvalue weighted by molar-refractivity contribution is -0.178.